The van der Waals surface area contributed by atoms with Gasteiger partial charge in [-0.2, -0.15) is 21.0 Å². The third-order valence-electron chi connectivity index (χ3n) is 8.94. The minimum Gasteiger partial charge on any atom is -0.289 e. The molecule has 54 heavy (non-hydrogen) atoms. The Hall–Kier alpha value is -6.76. The van der Waals surface area contributed by atoms with E-state index >= 15 is 0 Å². The van der Waals surface area contributed by atoms with Crippen molar-refractivity contribution in [2.75, 3.05) is 0 Å². The monoisotopic (exact) mass is 766 g/mol. The van der Waals surface area contributed by atoms with Gasteiger partial charge in [-0.1, -0.05) is 48.5 Å². The van der Waals surface area contributed by atoms with Gasteiger partial charge in [-0.25, -0.2) is 0 Å². The van der Waals surface area contributed by atoms with Crippen molar-refractivity contribution >= 4 is 100 Å². The smallest absolute Gasteiger partial charge is 0.194 e. The summed E-state index contributed by atoms with van der Waals surface area (Å²) >= 11 is 5.24. The number of benzene rings is 3. The maximum Gasteiger partial charge on any atom is 0.194 e. The second-order valence-electron chi connectivity index (χ2n) is 12.0. The fourth-order valence-electron chi connectivity index (χ4n) is 6.56. The number of nitrogens with zero attached hydrogens (tertiary/aromatic N) is 4. The summed E-state index contributed by atoms with van der Waals surface area (Å²) in [6.45, 7) is 0. The first-order valence-corrected chi connectivity index (χ1v) is 19.3. The standard InChI is InChI=1S/C44H18N4O2S4/c45-19-25(20-46)41-29-5-1-3-7-31(29)43(49)33(41)17-27-9-11-35(51-27)39-15-23-13-38-24(14-37(23)53-39)16-40(54-38)36-12-10-28(52-36)18-34-42(26(21-47)22-48)30-6-2-4-8-32(30)44(34)50/h1-18H/b33-17-,34-18+/i13D,14D,17D,18D. The summed E-state index contributed by atoms with van der Waals surface area (Å²) in [5, 5.41) is 40.0. The first-order valence-electron chi connectivity index (χ1n) is 18.1. The largest absolute Gasteiger partial charge is 0.289 e. The van der Waals surface area contributed by atoms with Crippen molar-refractivity contribution in [1.82, 2.24) is 0 Å². The first-order chi connectivity index (χ1) is 28.1. The number of rotatable bonds is 4. The molecule has 0 saturated heterocycles. The molecule has 0 bridgehead atoms. The first kappa shape index (κ1) is 28.8. The second kappa shape index (κ2) is 13.0. The zero-order chi connectivity index (χ0) is 40.6. The number of Topliss-reactive ketones (excluding diaryl/α,β-unsaturated/α-hetero) is 2. The molecule has 0 radical (unpaired) electrons. The third-order valence-corrected chi connectivity index (χ3v) is 13.4. The Morgan fingerprint density at radius 2 is 0.926 bits per heavy atom. The van der Waals surface area contributed by atoms with Crippen LogP contribution in [-0.2, 0) is 0 Å². The maximum absolute atomic E-state index is 13.5. The lowest BCUT2D eigenvalue weighted by Crippen LogP contribution is -1.95. The molecule has 2 aliphatic carbocycles. The van der Waals surface area contributed by atoms with Crippen LogP contribution in [0.2, 0.25) is 0 Å². The Morgan fingerprint density at radius 1 is 0.537 bits per heavy atom. The number of fused-ring (bicyclic) bond motifs is 4. The fourth-order valence-corrected chi connectivity index (χ4v) is 10.6. The number of carbonyl (C=O) groups excluding carboxylic acids is 2. The number of hydrogen-bond acceptors (Lipinski definition) is 10. The van der Waals surface area contributed by atoms with Crippen molar-refractivity contribution in [2.24, 2.45) is 0 Å². The van der Waals surface area contributed by atoms with Gasteiger partial charge in [0.2, 0.25) is 0 Å². The summed E-state index contributed by atoms with van der Waals surface area (Å²) in [6.07, 6.45) is 0. The summed E-state index contributed by atoms with van der Waals surface area (Å²) in [6, 6.07) is 32.0. The van der Waals surface area contributed by atoms with Crippen LogP contribution in [0.5, 0.6) is 0 Å². The number of allylic oxidation sites excluding steroid dienone is 6. The van der Waals surface area contributed by atoms with Gasteiger partial charge >= 0.3 is 0 Å². The molecule has 0 spiro atoms. The van der Waals surface area contributed by atoms with Crippen molar-refractivity contribution in [3.63, 3.8) is 0 Å². The van der Waals surface area contributed by atoms with E-state index in [1.807, 2.05) is 48.5 Å². The van der Waals surface area contributed by atoms with E-state index in [-0.39, 0.29) is 57.6 Å². The molecule has 250 valence electrons. The number of nitriles is 4. The highest BCUT2D eigenvalue weighted by molar-refractivity contribution is 7.27. The molecule has 0 amide bonds. The minimum atomic E-state index is -0.422. The maximum atomic E-state index is 13.5. The number of carbonyl (C=O) groups is 2. The second-order valence-corrected chi connectivity index (χ2v) is 16.3. The molecular weight excluding hydrogens is 745 g/mol. The van der Waals surface area contributed by atoms with Crippen LogP contribution in [0.3, 0.4) is 0 Å². The lowest BCUT2D eigenvalue weighted by atomic mass is 9.99. The third kappa shape index (κ3) is 5.30. The van der Waals surface area contributed by atoms with Crippen LogP contribution < -0.4 is 0 Å². The summed E-state index contributed by atoms with van der Waals surface area (Å²) < 4.78 is 37.8. The van der Waals surface area contributed by atoms with Crippen LogP contribution in [0.15, 0.2) is 119 Å². The molecule has 7 aromatic rings. The number of thiophene rings is 4. The molecule has 4 aromatic heterocycles. The van der Waals surface area contributed by atoms with Gasteiger partial charge in [-0.3, -0.25) is 9.59 Å². The molecule has 0 N–H and O–H groups in total. The SMILES string of the molecule is [2H]/C(=C1/C(=O)c2ccccc2C1=C(C#N)C#N)c1ccc(-c2cc3c([2H])c4sc(-c5ccc(/C([2H])=C6/C(=O)c7ccccc7C6=C(C#N)C#N)s5)cc4c([2H])c3s2)s1. The van der Waals surface area contributed by atoms with Gasteiger partial charge in [0, 0.05) is 72.1 Å². The quantitative estimate of drug-likeness (QED) is 0.129. The highest BCUT2D eigenvalue weighted by atomic mass is 32.1. The molecule has 0 unspecified atom stereocenters. The van der Waals surface area contributed by atoms with Crippen LogP contribution in [-0.4, -0.2) is 11.6 Å². The topological polar surface area (TPSA) is 129 Å². The molecule has 4 heterocycles. The molecule has 0 atom stereocenters. The van der Waals surface area contributed by atoms with Crippen LogP contribution in [0.4, 0.5) is 0 Å². The van der Waals surface area contributed by atoms with Crippen molar-refractivity contribution < 1.29 is 15.1 Å². The van der Waals surface area contributed by atoms with E-state index in [0.717, 1.165) is 19.5 Å². The van der Waals surface area contributed by atoms with Crippen LogP contribution in [0, 0.1) is 45.3 Å². The van der Waals surface area contributed by atoms with Gasteiger partial charge < -0.3 is 0 Å². The highest BCUT2D eigenvalue weighted by Gasteiger charge is 2.33. The van der Waals surface area contributed by atoms with Gasteiger partial charge in [0.05, 0.1) is 5.48 Å². The van der Waals surface area contributed by atoms with Crippen LogP contribution >= 0.6 is 45.3 Å². The highest BCUT2D eigenvalue weighted by Crippen LogP contribution is 2.46. The van der Waals surface area contributed by atoms with Gasteiger partial charge in [0.25, 0.3) is 0 Å². The summed E-state index contributed by atoms with van der Waals surface area (Å²) in [5.41, 5.74) is 1.40. The zero-order valence-electron chi connectivity index (χ0n) is 31.3. The Morgan fingerprint density at radius 3 is 1.31 bits per heavy atom. The normalized spacial score (nSPS) is 16.1. The molecule has 10 heteroatoms. The van der Waals surface area contributed by atoms with Gasteiger partial charge in [0.15, 0.2) is 11.6 Å². The predicted octanol–water partition coefficient (Wildman–Crippen LogP) is 11.7. The van der Waals surface area contributed by atoms with E-state index in [2.05, 4.69) is 0 Å². The van der Waals surface area contributed by atoms with Gasteiger partial charge in [0.1, 0.15) is 35.4 Å². The number of ketones is 2. The van der Waals surface area contributed by atoms with E-state index < -0.39 is 11.6 Å². The van der Waals surface area contributed by atoms with E-state index in [9.17, 15) is 33.4 Å². The Balaban J connectivity index is 1.08. The molecule has 3 aromatic carbocycles. The van der Waals surface area contributed by atoms with E-state index in [1.54, 1.807) is 60.7 Å². The number of hydrogen-bond donors (Lipinski definition) is 0. The van der Waals surface area contributed by atoms with Crippen LogP contribution in [0.25, 0.3) is 62.9 Å². The molecule has 0 aliphatic heterocycles. The molecule has 9 rings (SSSR count). The van der Waals surface area contributed by atoms with Crippen molar-refractivity contribution in [3.8, 4) is 43.8 Å². The summed E-state index contributed by atoms with van der Waals surface area (Å²) in [7, 11) is 0. The van der Waals surface area contributed by atoms with E-state index in [1.165, 1.54) is 45.3 Å². The van der Waals surface area contributed by atoms with Crippen molar-refractivity contribution in [2.45, 2.75) is 0 Å². The Kier molecular flexibility index (Phi) is 6.94. The van der Waals surface area contributed by atoms with Crippen molar-refractivity contribution in [3.05, 3.63) is 151 Å². The predicted molar refractivity (Wildman–Crippen MR) is 218 cm³/mol. The minimum absolute atomic E-state index is 0.00161. The average molecular weight is 767 g/mol. The molecule has 2 aliphatic rings. The van der Waals surface area contributed by atoms with E-state index in [4.69, 9.17) is 2.74 Å². The lowest BCUT2D eigenvalue weighted by molar-refractivity contribution is 0.103. The lowest BCUT2D eigenvalue weighted by Gasteiger charge is -2.01. The average Bonchev–Trinajstić information content (AvgIpc) is 4.10. The zero-order valence-corrected chi connectivity index (χ0v) is 30.6. The molecule has 6 nitrogen and oxygen atoms in total. The van der Waals surface area contributed by atoms with Crippen LogP contribution in [0.1, 0.15) is 47.1 Å². The van der Waals surface area contributed by atoms with Crippen molar-refractivity contribution in [1.29, 1.82) is 21.0 Å². The van der Waals surface area contributed by atoms with Gasteiger partial charge in [-0.05, 0) is 82.5 Å². The Bertz CT molecular complexity index is 3070. The molecule has 0 fully saturated rings. The summed E-state index contributed by atoms with van der Waals surface area (Å²) in [5.74, 6) is -0.844. The summed E-state index contributed by atoms with van der Waals surface area (Å²) in [4.78, 5) is 31.1. The fraction of sp³-hybridized carbons (Fsp3) is 0. The Labute approximate surface area is 329 Å². The molecular formula is C44H18N4O2S4. The molecule has 0 saturated carbocycles. The van der Waals surface area contributed by atoms with E-state index in [0.29, 0.717) is 52.2 Å². The van der Waals surface area contributed by atoms with Gasteiger partial charge in [-0.15, -0.1) is 45.3 Å².